The van der Waals surface area contributed by atoms with E-state index in [1.54, 1.807) is 0 Å². The van der Waals surface area contributed by atoms with Gasteiger partial charge in [0.1, 0.15) is 5.60 Å². The Morgan fingerprint density at radius 2 is 1.82 bits per heavy atom. The van der Waals surface area contributed by atoms with E-state index in [0.717, 1.165) is 37.7 Å². The van der Waals surface area contributed by atoms with Gasteiger partial charge in [0, 0.05) is 0 Å². The fourth-order valence-electron chi connectivity index (χ4n) is 3.33. The lowest BCUT2D eigenvalue weighted by Crippen LogP contribution is -2.31. The van der Waals surface area contributed by atoms with Gasteiger partial charge in [-0.1, -0.05) is 50.2 Å². The van der Waals surface area contributed by atoms with E-state index in [0.29, 0.717) is 0 Å². The molecule has 116 valence electrons. The van der Waals surface area contributed by atoms with Crippen molar-refractivity contribution >= 4 is 16.7 Å². The summed E-state index contributed by atoms with van der Waals surface area (Å²) in [6.45, 7) is 3.98. The fraction of sp³-hybridized carbons (Fsp3) is 0.450. The van der Waals surface area contributed by atoms with Crippen molar-refractivity contribution in [1.82, 2.24) is 0 Å². The number of carbonyl (C=O) groups excluding carboxylic acids is 1. The summed E-state index contributed by atoms with van der Waals surface area (Å²) in [4.78, 5) is 12.3. The van der Waals surface area contributed by atoms with E-state index in [-0.39, 0.29) is 11.9 Å². The van der Waals surface area contributed by atoms with Crippen LogP contribution in [0.5, 0.6) is 0 Å². The molecule has 1 aliphatic carbocycles. The molecule has 1 atom stereocenters. The molecule has 2 nitrogen and oxygen atoms in total. The highest BCUT2D eigenvalue weighted by molar-refractivity contribution is 5.83. The number of esters is 1. The Hall–Kier alpha value is -1.83. The smallest absolute Gasteiger partial charge is 0.309 e. The van der Waals surface area contributed by atoms with Gasteiger partial charge in [-0.25, -0.2) is 0 Å². The van der Waals surface area contributed by atoms with Gasteiger partial charge in [-0.3, -0.25) is 4.79 Å². The maximum absolute atomic E-state index is 12.3. The molecule has 0 bridgehead atoms. The van der Waals surface area contributed by atoms with Crippen LogP contribution < -0.4 is 0 Å². The van der Waals surface area contributed by atoms with Gasteiger partial charge in [-0.05, 0) is 54.5 Å². The predicted octanol–water partition coefficient (Wildman–Crippen LogP) is 5.20. The van der Waals surface area contributed by atoms with Crippen LogP contribution >= 0.6 is 0 Å². The van der Waals surface area contributed by atoms with Crippen molar-refractivity contribution in [2.45, 2.75) is 51.6 Å². The number of carbonyl (C=O) groups is 1. The molecule has 0 heterocycles. The van der Waals surface area contributed by atoms with Crippen LogP contribution in [0.4, 0.5) is 0 Å². The van der Waals surface area contributed by atoms with E-state index in [9.17, 15) is 4.79 Å². The monoisotopic (exact) mass is 296 g/mol. The lowest BCUT2D eigenvalue weighted by Gasteiger charge is -2.31. The summed E-state index contributed by atoms with van der Waals surface area (Å²) < 4.78 is 6.05. The second-order valence-corrected chi connectivity index (χ2v) is 6.49. The van der Waals surface area contributed by atoms with E-state index in [1.165, 1.54) is 10.8 Å². The number of hydrogen-bond acceptors (Lipinski definition) is 2. The van der Waals surface area contributed by atoms with Crippen LogP contribution in [0.15, 0.2) is 42.5 Å². The normalized spacial score (nSPS) is 18.3. The molecule has 0 amide bonds. The zero-order valence-corrected chi connectivity index (χ0v) is 13.5. The molecule has 1 aliphatic rings. The minimum atomic E-state index is -0.412. The quantitative estimate of drug-likeness (QED) is 0.725. The highest BCUT2D eigenvalue weighted by Crippen LogP contribution is 2.43. The molecule has 0 aromatic heterocycles. The van der Waals surface area contributed by atoms with Crippen molar-refractivity contribution in [1.29, 1.82) is 0 Å². The highest BCUT2D eigenvalue weighted by atomic mass is 16.6. The summed E-state index contributed by atoms with van der Waals surface area (Å²) in [5.41, 5.74) is 0.741. The Morgan fingerprint density at radius 1 is 1.14 bits per heavy atom. The topological polar surface area (TPSA) is 26.3 Å². The summed E-state index contributed by atoms with van der Waals surface area (Å²) in [6, 6.07) is 14.8. The number of fused-ring (bicyclic) bond motifs is 1. The molecule has 0 radical (unpaired) electrons. The summed E-state index contributed by atoms with van der Waals surface area (Å²) in [7, 11) is 0. The molecule has 2 aromatic rings. The zero-order valence-electron chi connectivity index (χ0n) is 13.5. The molecule has 1 saturated carbocycles. The standard InChI is InChI=1S/C20H24O2/c1-3-15(2)19(21)22-20(12-6-7-13-20)18-11-10-16-8-4-5-9-17(16)14-18/h4-5,8-11,14-15H,3,6-7,12-13H2,1-2H3. The Morgan fingerprint density at radius 3 is 2.50 bits per heavy atom. The molecule has 0 spiro atoms. The first-order valence-electron chi connectivity index (χ1n) is 8.37. The molecule has 0 aliphatic heterocycles. The van der Waals surface area contributed by atoms with Gasteiger partial charge < -0.3 is 4.74 Å². The van der Waals surface area contributed by atoms with Crippen LogP contribution in [0, 0.1) is 5.92 Å². The van der Waals surface area contributed by atoms with Crippen molar-refractivity contribution in [2.75, 3.05) is 0 Å². The second-order valence-electron chi connectivity index (χ2n) is 6.49. The molecule has 2 heteroatoms. The van der Waals surface area contributed by atoms with Gasteiger partial charge in [-0.15, -0.1) is 0 Å². The first-order chi connectivity index (χ1) is 10.6. The Kier molecular flexibility index (Phi) is 4.19. The number of benzene rings is 2. The average Bonchev–Trinajstić information content (AvgIpc) is 3.03. The van der Waals surface area contributed by atoms with Gasteiger partial charge in [0.05, 0.1) is 5.92 Å². The molecule has 3 rings (SSSR count). The van der Waals surface area contributed by atoms with Crippen LogP contribution in [0.2, 0.25) is 0 Å². The molecular formula is C20H24O2. The van der Waals surface area contributed by atoms with Crippen molar-refractivity contribution < 1.29 is 9.53 Å². The van der Waals surface area contributed by atoms with Gasteiger partial charge in [0.2, 0.25) is 0 Å². The minimum absolute atomic E-state index is 0.0297. The maximum atomic E-state index is 12.3. The van der Waals surface area contributed by atoms with Crippen molar-refractivity contribution in [3.8, 4) is 0 Å². The van der Waals surface area contributed by atoms with Crippen LogP contribution in [-0.2, 0) is 15.1 Å². The Bertz CT molecular complexity index is 668. The van der Waals surface area contributed by atoms with E-state index in [2.05, 4.69) is 42.5 Å². The Balaban J connectivity index is 1.96. The van der Waals surface area contributed by atoms with Crippen LogP contribution in [0.25, 0.3) is 10.8 Å². The van der Waals surface area contributed by atoms with E-state index in [4.69, 9.17) is 4.74 Å². The van der Waals surface area contributed by atoms with E-state index < -0.39 is 5.60 Å². The highest BCUT2D eigenvalue weighted by Gasteiger charge is 2.40. The lowest BCUT2D eigenvalue weighted by molar-refractivity contribution is -0.165. The number of hydrogen-bond donors (Lipinski definition) is 0. The van der Waals surface area contributed by atoms with Gasteiger partial charge in [0.25, 0.3) is 0 Å². The summed E-state index contributed by atoms with van der Waals surface area (Å²) in [5, 5.41) is 2.44. The summed E-state index contributed by atoms with van der Waals surface area (Å²) >= 11 is 0. The third kappa shape index (κ3) is 2.75. The largest absolute Gasteiger partial charge is 0.454 e. The molecule has 0 saturated heterocycles. The average molecular weight is 296 g/mol. The minimum Gasteiger partial charge on any atom is -0.454 e. The SMILES string of the molecule is CCC(C)C(=O)OC1(c2ccc3ccccc3c2)CCCC1. The Labute approximate surface area is 132 Å². The first kappa shape index (κ1) is 15.1. The molecule has 2 aromatic carbocycles. The summed E-state index contributed by atoms with van der Waals surface area (Å²) in [6.07, 6.45) is 4.95. The van der Waals surface area contributed by atoms with Crippen molar-refractivity contribution in [2.24, 2.45) is 5.92 Å². The predicted molar refractivity (Wildman–Crippen MR) is 89.6 cm³/mol. The van der Waals surface area contributed by atoms with Crippen LogP contribution in [0.3, 0.4) is 0 Å². The molecule has 0 N–H and O–H groups in total. The van der Waals surface area contributed by atoms with Gasteiger partial charge in [-0.2, -0.15) is 0 Å². The third-order valence-electron chi connectivity index (χ3n) is 5.00. The summed E-state index contributed by atoms with van der Waals surface area (Å²) in [5.74, 6) is -0.0875. The number of ether oxygens (including phenoxy) is 1. The van der Waals surface area contributed by atoms with Crippen molar-refractivity contribution in [3.63, 3.8) is 0 Å². The van der Waals surface area contributed by atoms with Crippen LogP contribution in [-0.4, -0.2) is 5.97 Å². The third-order valence-corrected chi connectivity index (χ3v) is 5.00. The number of rotatable bonds is 4. The molecule has 1 unspecified atom stereocenters. The van der Waals surface area contributed by atoms with Crippen molar-refractivity contribution in [3.05, 3.63) is 48.0 Å². The lowest BCUT2D eigenvalue weighted by atomic mass is 9.90. The second kappa shape index (κ2) is 6.12. The molecular weight excluding hydrogens is 272 g/mol. The van der Waals surface area contributed by atoms with Gasteiger partial charge >= 0.3 is 5.97 Å². The zero-order chi connectivity index (χ0) is 15.6. The van der Waals surface area contributed by atoms with Crippen LogP contribution in [0.1, 0.15) is 51.5 Å². The molecule has 1 fully saturated rings. The fourth-order valence-corrected chi connectivity index (χ4v) is 3.33. The van der Waals surface area contributed by atoms with E-state index >= 15 is 0 Å². The maximum Gasteiger partial charge on any atom is 0.309 e. The molecule has 22 heavy (non-hydrogen) atoms. The van der Waals surface area contributed by atoms with Gasteiger partial charge in [0.15, 0.2) is 0 Å². The first-order valence-corrected chi connectivity index (χ1v) is 8.37. The van der Waals surface area contributed by atoms with E-state index in [1.807, 2.05) is 13.8 Å².